The van der Waals surface area contributed by atoms with Gasteiger partial charge in [0.2, 0.25) is 0 Å². The molecule has 0 aliphatic rings. The molecular formula is C14H14BrF2NS. The van der Waals surface area contributed by atoms with E-state index in [2.05, 4.69) is 21.2 Å². The molecule has 2 rings (SSSR count). The number of benzene rings is 1. The highest BCUT2D eigenvalue weighted by atomic mass is 79.9. The van der Waals surface area contributed by atoms with Gasteiger partial charge >= 0.3 is 0 Å². The van der Waals surface area contributed by atoms with Crippen LogP contribution in [0.4, 0.5) is 8.78 Å². The van der Waals surface area contributed by atoms with Gasteiger partial charge in [-0.15, -0.1) is 11.3 Å². The Morgan fingerprint density at radius 2 is 2.11 bits per heavy atom. The molecule has 0 aliphatic carbocycles. The van der Waals surface area contributed by atoms with Crippen LogP contribution in [0.1, 0.15) is 24.1 Å². The van der Waals surface area contributed by atoms with Gasteiger partial charge in [-0.25, -0.2) is 8.78 Å². The van der Waals surface area contributed by atoms with Crippen LogP contribution in [0.5, 0.6) is 0 Å². The van der Waals surface area contributed by atoms with Crippen LogP contribution < -0.4 is 5.32 Å². The molecule has 0 radical (unpaired) electrons. The molecule has 0 fully saturated rings. The fourth-order valence-electron chi connectivity index (χ4n) is 1.97. The second kappa shape index (κ2) is 6.59. The summed E-state index contributed by atoms with van der Waals surface area (Å²) in [5, 5.41) is 5.37. The summed E-state index contributed by atoms with van der Waals surface area (Å²) in [5.41, 5.74) is 1.64. The first-order valence-corrected chi connectivity index (χ1v) is 7.68. The number of hydrogen-bond acceptors (Lipinski definition) is 2. The highest BCUT2D eigenvalue weighted by Gasteiger charge is 2.15. The van der Waals surface area contributed by atoms with E-state index in [0.29, 0.717) is 12.0 Å². The number of rotatable bonds is 5. The quantitative estimate of drug-likeness (QED) is 0.829. The van der Waals surface area contributed by atoms with Gasteiger partial charge in [0.1, 0.15) is 11.6 Å². The number of halogens is 3. The van der Waals surface area contributed by atoms with E-state index in [1.807, 2.05) is 18.4 Å². The molecule has 102 valence electrons. The first-order valence-electron chi connectivity index (χ1n) is 6.01. The van der Waals surface area contributed by atoms with Gasteiger partial charge in [-0.3, -0.25) is 0 Å². The standard InChI is InChI=1S/C14H14BrF2NS/c1-2-18-13(10-6-14(15)19-8-10)5-9-3-4-11(16)7-12(9)17/h3-4,6-8,13,18H,2,5H2,1H3. The Morgan fingerprint density at radius 3 is 2.68 bits per heavy atom. The van der Waals surface area contributed by atoms with E-state index in [1.165, 1.54) is 12.1 Å². The van der Waals surface area contributed by atoms with Crippen molar-refractivity contribution in [3.8, 4) is 0 Å². The van der Waals surface area contributed by atoms with E-state index >= 15 is 0 Å². The van der Waals surface area contributed by atoms with Crippen LogP contribution in [0.2, 0.25) is 0 Å². The van der Waals surface area contributed by atoms with E-state index in [4.69, 9.17) is 0 Å². The predicted molar refractivity (Wildman–Crippen MR) is 78.5 cm³/mol. The Morgan fingerprint density at radius 1 is 1.32 bits per heavy atom. The molecule has 1 aromatic heterocycles. The Labute approximate surface area is 123 Å². The normalized spacial score (nSPS) is 12.6. The van der Waals surface area contributed by atoms with Crippen molar-refractivity contribution < 1.29 is 8.78 Å². The van der Waals surface area contributed by atoms with Crippen molar-refractivity contribution in [1.82, 2.24) is 5.32 Å². The highest BCUT2D eigenvalue weighted by molar-refractivity contribution is 9.11. The lowest BCUT2D eigenvalue weighted by atomic mass is 10.0. The summed E-state index contributed by atoms with van der Waals surface area (Å²) in [6.45, 7) is 2.80. The van der Waals surface area contributed by atoms with Gasteiger partial charge in [-0.2, -0.15) is 0 Å². The van der Waals surface area contributed by atoms with Crippen LogP contribution >= 0.6 is 27.3 Å². The van der Waals surface area contributed by atoms with Crippen molar-refractivity contribution in [3.63, 3.8) is 0 Å². The fraction of sp³-hybridized carbons (Fsp3) is 0.286. The lowest BCUT2D eigenvalue weighted by Gasteiger charge is -2.17. The molecule has 1 N–H and O–H groups in total. The maximum Gasteiger partial charge on any atom is 0.129 e. The molecule has 1 atom stereocenters. The van der Waals surface area contributed by atoms with E-state index in [0.717, 1.165) is 22.0 Å². The van der Waals surface area contributed by atoms with Gasteiger partial charge in [-0.1, -0.05) is 13.0 Å². The molecule has 0 spiro atoms. The third kappa shape index (κ3) is 3.84. The number of thiophene rings is 1. The molecule has 19 heavy (non-hydrogen) atoms. The van der Waals surface area contributed by atoms with Crippen molar-refractivity contribution in [2.75, 3.05) is 6.54 Å². The smallest absolute Gasteiger partial charge is 0.129 e. The monoisotopic (exact) mass is 345 g/mol. The zero-order valence-corrected chi connectivity index (χ0v) is 12.8. The number of hydrogen-bond donors (Lipinski definition) is 1. The van der Waals surface area contributed by atoms with E-state index in [9.17, 15) is 8.78 Å². The minimum Gasteiger partial charge on any atom is -0.310 e. The summed E-state index contributed by atoms with van der Waals surface area (Å²) in [4.78, 5) is 0. The maximum atomic E-state index is 13.7. The summed E-state index contributed by atoms with van der Waals surface area (Å²) < 4.78 is 27.6. The summed E-state index contributed by atoms with van der Waals surface area (Å²) in [6, 6.07) is 5.80. The lowest BCUT2D eigenvalue weighted by molar-refractivity contribution is 0.522. The van der Waals surface area contributed by atoms with Crippen molar-refractivity contribution in [1.29, 1.82) is 0 Å². The molecule has 0 bridgehead atoms. The maximum absolute atomic E-state index is 13.7. The van der Waals surface area contributed by atoms with Crippen molar-refractivity contribution in [2.24, 2.45) is 0 Å². The average molecular weight is 346 g/mol. The first-order chi connectivity index (χ1) is 9.10. The largest absolute Gasteiger partial charge is 0.310 e. The molecule has 0 saturated carbocycles. The van der Waals surface area contributed by atoms with Crippen molar-refractivity contribution in [3.05, 3.63) is 56.2 Å². The number of nitrogens with one attached hydrogen (secondary N) is 1. The zero-order valence-electron chi connectivity index (χ0n) is 10.4. The summed E-state index contributed by atoms with van der Waals surface area (Å²) in [6.07, 6.45) is 0.503. The molecule has 1 aromatic carbocycles. The molecule has 0 saturated heterocycles. The van der Waals surface area contributed by atoms with Crippen LogP contribution in [0, 0.1) is 11.6 Å². The highest BCUT2D eigenvalue weighted by Crippen LogP contribution is 2.28. The van der Waals surface area contributed by atoms with Crippen LogP contribution in [-0.2, 0) is 6.42 Å². The molecule has 1 unspecified atom stereocenters. The molecule has 2 aromatic rings. The molecule has 1 nitrogen and oxygen atoms in total. The third-order valence-corrected chi connectivity index (χ3v) is 4.40. The molecule has 0 amide bonds. The van der Waals surface area contributed by atoms with Crippen LogP contribution in [-0.4, -0.2) is 6.54 Å². The van der Waals surface area contributed by atoms with Crippen LogP contribution in [0.3, 0.4) is 0 Å². The van der Waals surface area contributed by atoms with Gasteiger partial charge in [0, 0.05) is 12.1 Å². The topological polar surface area (TPSA) is 12.0 Å². The molecule has 5 heteroatoms. The Hall–Kier alpha value is -0.780. The van der Waals surface area contributed by atoms with E-state index in [-0.39, 0.29) is 6.04 Å². The zero-order chi connectivity index (χ0) is 13.8. The van der Waals surface area contributed by atoms with Crippen molar-refractivity contribution >= 4 is 27.3 Å². The van der Waals surface area contributed by atoms with Gasteiger partial charge < -0.3 is 5.32 Å². The minimum atomic E-state index is -0.542. The minimum absolute atomic E-state index is 0.0347. The second-order valence-corrected chi connectivity index (χ2v) is 6.52. The van der Waals surface area contributed by atoms with Crippen LogP contribution in [0.15, 0.2) is 33.4 Å². The third-order valence-electron chi connectivity index (χ3n) is 2.88. The fourth-order valence-corrected chi connectivity index (χ4v) is 3.20. The van der Waals surface area contributed by atoms with E-state index < -0.39 is 11.6 Å². The lowest BCUT2D eigenvalue weighted by Crippen LogP contribution is -2.22. The summed E-state index contributed by atoms with van der Waals surface area (Å²) in [5.74, 6) is -1.03. The van der Waals surface area contributed by atoms with E-state index in [1.54, 1.807) is 11.3 Å². The predicted octanol–water partition coefficient (Wildman–Crippen LogP) is 4.68. The molecular weight excluding hydrogens is 332 g/mol. The molecule has 1 heterocycles. The van der Waals surface area contributed by atoms with Gasteiger partial charge in [0.05, 0.1) is 3.79 Å². The summed E-state index contributed by atoms with van der Waals surface area (Å²) >= 11 is 5.03. The molecule has 0 aliphatic heterocycles. The number of likely N-dealkylation sites (N-methyl/N-ethyl adjacent to an activating group) is 1. The second-order valence-electron chi connectivity index (χ2n) is 4.23. The van der Waals surface area contributed by atoms with Gasteiger partial charge in [-0.05, 0) is 57.5 Å². The SMILES string of the molecule is CCNC(Cc1ccc(F)cc1F)c1csc(Br)c1. The Bertz CT molecular complexity index is 556. The van der Waals surface area contributed by atoms with Gasteiger partial charge in [0.25, 0.3) is 0 Å². The average Bonchev–Trinajstić information content (AvgIpc) is 2.78. The Balaban J connectivity index is 2.21. The van der Waals surface area contributed by atoms with Gasteiger partial charge in [0.15, 0.2) is 0 Å². The Kier molecular flexibility index (Phi) is 5.07. The first kappa shape index (κ1) is 14.6. The summed E-state index contributed by atoms with van der Waals surface area (Å²) in [7, 11) is 0. The van der Waals surface area contributed by atoms with Crippen LogP contribution in [0.25, 0.3) is 0 Å². The van der Waals surface area contributed by atoms with Crippen molar-refractivity contribution in [2.45, 2.75) is 19.4 Å².